The largest absolute Gasteiger partial charge is 0.396 e. The zero-order valence-corrected chi connectivity index (χ0v) is 14.3. The number of anilines is 1. The molecule has 1 heterocycles. The Bertz CT molecular complexity index is 607. The highest BCUT2D eigenvalue weighted by Crippen LogP contribution is 2.49. The maximum atomic E-state index is 12.3. The summed E-state index contributed by atoms with van der Waals surface area (Å²) in [6.45, 7) is 4.18. The number of aryl methyl sites for hydroxylation is 1. The molecule has 0 aromatic carbocycles. The monoisotopic (exact) mass is 345 g/mol. The Kier molecular flexibility index (Phi) is 8.19. The van der Waals surface area contributed by atoms with Crippen molar-refractivity contribution in [2.45, 2.75) is 26.8 Å². The van der Waals surface area contributed by atoms with Crippen molar-refractivity contribution < 1.29 is 18.7 Å². The predicted molar refractivity (Wildman–Crippen MR) is 88.1 cm³/mol. The summed E-state index contributed by atoms with van der Waals surface area (Å²) < 4.78 is 24.0. The Balaban J connectivity index is 2.71. The first-order valence-corrected chi connectivity index (χ1v) is 9.07. The van der Waals surface area contributed by atoms with Crippen molar-refractivity contribution in [1.82, 2.24) is 9.55 Å². The molecule has 0 aliphatic heterocycles. The maximum absolute atomic E-state index is 12.3. The molecule has 0 unspecified atom stereocenters. The SMILES string of the molecule is CCOP(=O)(C=C[C@H](CO)CCn1ccc(N)nc1=O)OCC. The highest BCUT2D eigenvalue weighted by molar-refractivity contribution is 7.57. The standard InChI is InChI=1S/C14H24N3O5P/c1-3-21-23(20,22-4-2)10-7-12(11-18)5-8-17-9-6-13(15)16-14(17)19/h6-7,9-10,12,18H,3-5,8,11H2,1-2H3,(H2,15,16,19)/t12-/m1/s1. The van der Waals surface area contributed by atoms with Gasteiger partial charge in [-0.1, -0.05) is 6.08 Å². The number of nitrogens with zero attached hydrogens (tertiary/aromatic N) is 2. The molecule has 8 nitrogen and oxygen atoms in total. The normalized spacial score (nSPS) is 13.5. The lowest BCUT2D eigenvalue weighted by molar-refractivity contribution is 0.227. The van der Waals surface area contributed by atoms with Crippen LogP contribution in [0, 0.1) is 5.92 Å². The van der Waals surface area contributed by atoms with Crippen LogP contribution in [0.1, 0.15) is 20.3 Å². The molecule has 130 valence electrons. The van der Waals surface area contributed by atoms with Gasteiger partial charge < -0.3 is 19.9 Å². The molecule has 0 fully saturated rings. The van der Waals surface area contributed by atoms with Crippen molar-refractivity contribution >= 4 is 13.4 Å². The number of hydrogen-bond acceptors (Lipinski definition) is 7. The van der Waals surface area contributed by atoms with Crippen molar-refractivity contribution in [2.75, 3.05) is 25.6 Å². The zero-order chi connectivity index (χ0) is 17.3. The highest BCUT2D eigenvalue weighted by Gasteiger charge is 2.19. The highest BCUT2D eigenvalue weighted by atomic mass is 31.2. The minimum absolute atomic E-state index is 0.147. The van der Waals surface area contributed by atoms with Crippen LogP contribution in [0.25, 0.3) is 0 Å². The Hall–Kier alpha value is -1.47. The molecule has 1 aromatic rings. The van der Waals surface area contributed by atoms with Crippen LogP contribution >= 0.6 is 7.60 Å². The second-order valence-corrected chi connectivity index (χ2v) is 6.67. The van der Waals surface area contributed by atoms with Gasteiger partial charge in [0, 0.05) is 31.1 Å². The van der Waals surface area contributed by atoms with Crippen LogP contribution in [0.2, 0.25) is 0 Å². The number of rotatable bonds is 10. The Labute approximate surface area is 135 Å². The molecule has 0 radical (unpaired) electrons. The van der Waals surface area contributed by atoms with Crippen molar-refractivity contribution in [3.05, 3.63) is 34.6 Å². The van der Waals surface area contributed by atoms with E-state index in [0.29, 0.717) is 13.0 Å². The van der Waals surface area contributed by atoms with Gasteiger partial charge in [-0.25, -0.2) is 4.79 Å². The molecule has 1 aromatic heterocycles. The number of aliphatic hydroxyl groups excluding tert-OH is 1. The fourth-order valence-corrected chi connectivity index (χ4v) is 3.30. The third-order valence-electron chi connectivity index (χ3n) is 3.03. The lowest BCUT2D eigenvalue weighted by Crippen LogP contribution is -2.24. The molecule has 9 heteroatoms. The lowest BCUT2D eigenvalue weighted by atomic mass is 10.1. The molecule has 0 aliphatic rings. The summed E-state index contributed by atoms with van der Waals surface area (Å²) in [5.41, 5.74) is 4.98. The molecule has 0 bridgehead atoms. The lowest BCUT2D eigenvalue weighted by Gasteiger charge is -2.15. The molecular weight excluding hydrogens is 321 g/mol. The van der Waals surface area contributed by atoms with Gasteiger partial charge in [0.1, 0.15) is 5.82 Å². The van der Waals surface area contributed by atoms with Crippen molar-refractivity contribution in [3.8, 4) is 0 Å². The maximum Gasteiger partial charge on any atom is 0.353 e. The van der Waals surface area contributed by atoms with Gasteiger partial charge >= 0.3 is 13.3 Å². The van der Waals surface area contributed by atoms with Crippen LogP contribution in [0.4, 0.5) is 5.82 Å². The molecule has 0 aliphatic carbocycles. The van der Waals surface area contributed by atoms with Gasteiger partial charge in [0.05, 0.1) is 13.2 Å². The van der Waals surface area contributed by atoms with E-state index in [-0.39, 0.29) is 31.6 Å². The van der Waals surface area contributed by atoms with E-state index in [9.17, 15) is 14.5 Å². The zero-order valence-electron chi connectivity index (χ0n) is 13.4. The number of aliphatic hydroxyl groups is 1. The first kappa shape index (κ1) is 19.6. The Morgan fingerprint density at radius 3 is 2.61 bits per heavy atom. The molecule has 0 spiro atoms. The van der Waals surface area contributed by atoms with E-state index < -0.39 is 13.3 Å². The Morgan fingerprint density at radius 2 is 2.09 bits per heavy atom. The number of nitrogen functional groups attached to an aromatic ring is 1. The van der Waals surface area contributed by atoms with E-state index in [2.05, 4.69) is 4.98 Å². The average molecular weight is 345 g/mol. The summed E-state index contributed by atoms with van der Waals surface area (Å²) in [5.74, 6) is 1.25. The van der Waals surface area contributed by atoms with E-state index in [1.165, 1.54) is 16.5 Å². The number of nitrogens with two attached hydrogens (primary N) is 1. The van der Waals surface area contributed by atoms with Crippen LogP contribution in [0.5, 0.6) is 0 Å². The summed E-state index contributed by atoms with van der Waals surface area (Å²) in [5, 5.41) is 9.43. The molecule has 1 atom stereocenters. The van der Waals surface area contributed by atoms with Crippen LogP contribution in [0.15, 0.2) is 29.0 Å². The van der Waals surface area contributed by atoms with Gasteiger partial charge in [-0.05, 0) is 26.3 Å². The van der Waals surface area contributed by atoms with Gasteiger partial charge in [0.25, 0.3) is 0 Å². The molecule has 0 saturated carbocycles. The summed E-state index contributed by atoms with van der Waals surface area (Å²) in [6, 6.07) is 1.53. The van der Waals surface area contributed by atoms with Gasteiger partial charge in [-0.3, -0.25) is 9.13 Å². The molecular formula is C14H24N3O5P. The number of aromatic nitrogens is 2. The molecule has 23 heavy (non-hydrogen) atoms. The topological polar surface area (TPSA) is 117 Å². The smallest absolute Gasteiger partial charge is 0.353 e. The Morgan fingerprint density at radius 1 is 1.43 bits per heavy atom. The van der Waals surface area contributed by atoms with E-state index in [1.54, 1.807) is 26.1 Å². The first-order valence-electron chi connectivity index (χ1n) is 7.46. The third kappa shape index (κ3) is 6.66. The van der Waals surface area contributed by atoms with E-state index in [4.69, 9.17) is 14.8 Å². The quantitative estimate of drug-likeness (QED) is 0.619. The van der Waals surface area contributed by atoms with Crippen LogP contribution in [-0.4, -0.2) is 34.5 Å². The summed E-state index contributed by atoms with van der Waals surface area (Å²) >= 11 is 0. The second-order valence-electron chi connectivity index (χ2n) is 4.78. The molecule has 0 amide bonds. The molecule has 3 N–H and O–H groups in total. The molecule has 1 rings (SSSR count). The van der Waals surface area contributed by atoms with E-state index in [0.717, 1.165) is 0 Å². The predicted octanol–water partition coefficient (Wildman–Crippen LogP) is 1.60. The van der Waals surface area contributed by atoms with E-state index >= 15 is 0 Å². The summed E-state index contributed by atoms with van der Waals surface area (Å²) in [7, 11) is -3.29. The van der Waals surface area contributed by atoms with Gasteiger partial charge in [-0.15, -0.1) is 0 Å². The first-order chi connectivity index (χ1) is 10.9. The van der Waals surface area contributed by atoms with E-state index in [1.807, 2.05) is 0 Å². The van der Waals surface area contributed by atoms with Gasteiger partial charge in [0.15, 0.2) is 0 Å². The second kappa shape index (κ2) is 9.62. The van der Waals surface area contributed by atoms with Crippen molar-refractivity contribution in [1.29, 1.82) is 0 Å². The summed E-state index contributed by atoms with van der Waals surface area (Å²) in [6.07, 6.45) is 3.62. The molecule has 0 saturated heterocycles. The van der Waals surface area contributed by atoms with Gasteiger partial charge in [-0.2, -0.15) is 4.98 Å². The fourth-order valence-electron chi connectivity index (χ4n) is 1.88. The minimum atomic E-state index is -3.29. The minimum Gasteiger partial charge on any atom is -0.396 e. The van der Waals surface area contributed by atoms with Crippen LogP contribution < -0.4 is 11.4 Å². The van der Waals surface area contributed by atoms with Crippen molar-refractivity contribution in [2.24, 2.45) is 5.92 Å². The average Bonchev–Trinajstić information content (AvgIpc) is 2.49. The van der Waals surface area contributed by atoms with Crippen LogP contribution in [-0.2, 0) is 20.2 Å². The van der Waals surface area contributed by atoms with Gasteiger partial charge in [0.2, 0.25) is 0 Å². The number of hydrogen-bond donors (Lipinski definition) is 2. The third-order valence-corrected chi connectivity index (χ3v) is 4.80. The van der Waals surface area contributed by atoms with Crippen LogP contribution in [0.3, 0.4) is 0 Å². The summed E-state index contributed by atoms with van der Waals surface area (Å²) in [4.78, 5) is 15.3. The van der Waals surface area contributed by atoms with Crippen molar-refractivity contribution in [3.63, 3.8) is 0 Å². The fraction of sp³-hybridized carbons (Fsp3) is 0.571.